The Labute approximate surface area is 124 Å². The summed E-state index contributed by atoms with van der Waals surface area (Å²) in [5.41, 5.74) is 4.16. The van der Waals surface area contributed by atoms with Crippen LogP contribution in [-0.4, -0.2) is 22.0 Å². The highest BCUT2D eigenvalue weighted by Crippen LogP contribution is 2.50. The molecular formula is C14H12N2O2S2. The highest BCUT2D eigenvalue weighted by Gasteiger charge is 2.25. The Bertz CT molecular complexity index is 807. The molecule has 0 aliphatic carbocycles. The van der Waals surface area contributed by atoms with Crippen molar-refractivity contribution in [3.05, 3.63) is 22.6 Å². The summed E-state index contributed by atoms with van der Waals surface area (Å²) >= 11 is 2.95. The Kier molecular flexibility index (Phi) is 2.68. The van der Waals surface area contributed by atoms with Crippen LogP contribution >= 0.6 is 23.1 Å². The lowest BCUT2D eigenvalue weighted by Gasteiger charge is -2.16. The van der Waals surface area contributed by atoms with Gasteiger partial charge >= 0.3 is 0 Å². The quantitative estimate of drug-likeness (QED) is 0.686. The molecule has 4 rings (SSSR count). The highest BCUT2D eigenvalue weighted by atomic mass is 32.1. The molecule has 1 aliphatic rings. The summed E-state index contributed by atoms with van der Waals surface area (Å²) in [6.07, 6.45) is 0. The van der Waals surface area contributed by atoms with Crippen LogP contribution in [0.3, 0.4) is 0 Å². The lowest BCUT2D eigenvalue weighted by molar-refractivity contribution is 0.173. The number of ether oxygens (including phenoxy) is 2. The normalized spacial score (nSPS) is 13.9. The number of benzene rings is 1. The molecule has 0 bridgehead atoms. The molecule has 4 nitrogen and oxygen atoms in total. The fraction of sp³-hybridized carbons (Fsp3) is 0.286. The Morgan fingerprint density at radius 2 is 1.75 bits per heavy atom. The average molecular weight is 304 g/mol. The van der Waals surface area contributed by atoms with Gasteiger partial charge in [-0.2, -0.15) is 8.75 Å². The van der Waals surface area contributed by atoms with Crippen LogP contribution in [0.5, 0.6) is 11.5 Å². The van der Waals surface area contributed by atoms with E-state index in [0.717, 1.165) is 43.4 Å². The molecule has 2 aromatic heterocycles. The molecule has 102 valence electrons. The van der Waals surface area contributed by atoms with Crippen molar-refractivity contribution >= 4 is 34.1 Å². The van der Waals surface area contributed by atoms with Crippen molar-refractivity contribution < 1.29 is 9.47 Å². The van der Waals surface area contributed by atoms with Crippen LogP contribution in [0.1, 0.15) is 10.4 Å². The molecule has 3 heterocycles. The molecule has 0 amide bonds. The Hall–Kier alpha value is -1.66. The lowest BCUT2D eigenvalue weighted by Crippen LogP contribution is -2.14. The maximum absolute atomic E-state index is 5.83. The van der Waals surface area contributed by atoms with Gasteiger partial charge < -0.3 is 9.47 Å². The van der Waals surface area contributed by atoms with Crippen molar-refractivity contribution in [2.75, 3.05) is 13.2 Å². The second-order valence-corrected chi connectivity index (χ2v) is 6.49. The molecule has 0 N–H and O–H groups in total. The zero-order valence-corrected chi connectivity index (χ0v) is 12.7. The van der Waals surface area contributed by atoms with Gasteiger partial charge in [-0.25, -0.2) is 0 Å². The highest BCUT2D eigenvalue weighted by molar-refractivity contribution is 7.16. The fourth-order valence-electron chi connectivity index (χ4n) is 2.45. The largest absolute Gasteiger partial charge is 0.485 e. The number of hydrogen-bond acceptors (Lipinski definition) is 6. The van der Waals surface area contributed by atoms with Crippen molar-refractivity contribution in [3.8, 4) is 21.9 Å². The molecule has 6 heteroatoms. The second kappa shape index (κ2) is 4.43. The Morgan fingerprint density at radius 3 is 2.60 bits per heavy atom. The van der Waals surface area contributed by atoms with E-state index in [0.29, 0.717) is 13.2 Å². The molecule has 1 aromatic carbocycles. The molecule has 0 unspecified atom stereocenters. The summed E-state index contributed by atoms with van der Waals surface area (Å²) in [6, 6.07) is 4.19. The minimum Gasteiger partial charge on any atom is -0.485 e. The van der Waals surface area contributed by atoms with Gasteiger partial charge in [0.2, 0.25) is 0 Å². The van der Waals surface area contributed by atoms with Gasteiger partial charge in [0.25, 0.3) is 0 Å². The van der Waals surface area contributed by atoms with E-state index in [2.05, 4.69) is 34.7 Å². The zero-order chi connectivity index (χ0) is 13.7. The van der Waals surface area contributed by atoms with Crippen LogP contribution < -0.4 is 9.47 Å². The fourth-order valence-corrected chi connectivity index (χ4v) is 4.13. The van der Waals surface area contributed by atoms with E-state index >= 15 is 0 Å². The van der Waals surface area contributed by atoms with Crippen molar-refractivity contribution in [2.24, 2.45) is 0 Å². The summed E-state index contributed by atoms with van der Waals surface area (Å²) in [7, 11) is 0. The second-order valence-electron chi connectivity index (χ2n) is 4.73. The molecule has 20 heavy (non-hydrogen) atoms. The number of aryl methyl sites for hydroxylation is 2. The Balaban J connectivity index is 2.00. The van der Waals surface area contributed by atoms with Crippen molar-refractivity contribution in [3.63, 3.8) is 0 Å². The first-order chi connectivity index (χ1) is 9.75. The molecule has 0 saturated carbocycles. The molecule has 3 aromatic rings. The van der Waals surface area contributed by atoms with Crippen LogP contribution in [0, 0.1) is 13.8 Å². The Morgan fingerprint density at radius 1 is 1.00 bits per heavy atom. The third kappa shape index (κ3) is 1.65. The van der Waals surface area contributed by atoms with Gasteiger partial charge in [0.1, 0.15) is 24.2 Å². The monoisotopic (exact) mass is 304 g/mol. The smallest absolute Gasteiger partial charge is 0.180 e. The maximum Gasteiger partial charge on any atom is 0.180 e. The third-order valence-electron chi connectivity index (χ3n) is 3.43. The zero-order valence-electron chi connectivity index (χ0n) is 11.1. The van der Waals surface area contributed by atoms with Gasteiger partial charge in [-0.1, -0.05) is 12.1 Å². The molecular weight excluding hydrogens is 292 g/mol. The number of nitrogens with zero attached hydrogens (tertiary/aromatic N) is 2. The number of thiophene rings is 1. The first kappa shape index (κ1) is 12.1. The van der Waals surface area contributed by atoms with Crippen LogP contribution in [-0.2, 0) is 0 Å². The van der Waals surface area contributed by atoms with Gasteiger partial charge in [-0.3, -0.25) is 0 Å². The van der Waals surface area contributed by atoms with E-state index in [-0.39, 0.29) is 0 Å². The minimum atomic E-state index is 0.598. The van der Waals surface area contributed by atoms with E-state index in [1.165, 1.54) is 11.7 Å². The van der Waals surface area contributed by atoms with E-state index in [1.54, 1.807) is 11.3 Å². The van der Waals surface area contributed by atoms with Crippen LogP contribution in [0.4, 0.5) is 0 Å². The van der Waals surface area contributed by atoms with E-state index < -0.39 is 0 Å². The first-order valence-corrected chi connectivity index (χ1v) is 7.91. The van der Waals surface area contributed by atoms with E-state index in [9.17, 15) is 0 Å². The molecule has 0 spiro atoms. The van der Waals surface area contributed by atoms with Gasteiger partial charge in [-0.05, 0) is 19.4 Å². The summed E-state index contributed by atoms with van der Waals surface area (Å²) in [5, 5.41) is 0. The van der Waals surface area contributed by atoms with Crippen LogP contribution in [0.15, 0.2) is 12.1 Å². The van der Waals surface area contributed by atoms with Gasteiger partial charge in [0.15, 0.2) is 11.5 Å². The summed E-state index contributed by atoms with van der Waals surface area (Å²) in [6.45, 7) is 5.33. The molecule has 1 aliphatic heterocycles. The lowest BCUT2D eigenvalue weighted by atomic mass is 10.1. The number of rotatable bonds is 1. The van der Waals surface area contributed by atoms with Crippen LogP contribution in [0.2, 0.25) is 0 Å². The number of hydrogen-bond donors (Lipinski definition) is 0. The molecule has 0 fully saturated rings. The van der Waals surface area contributed by atoms with E-state index in [1.807, 2.05) is 0 Å². The average Bonchev–Trinajstić information content (AvgIpc) is 3.06. The summed E-state index contributed by atoms with van der Waals surface area (Å²) < 4.78 is 20.4. The first-order valence-electron chi connectivity index (χ1n) is 6.37. The number of fused-ring (bicyclic) bond motifs is 2. The van der Waals surface area contributed by atoms with Gasteiger partial charge in [0, 0.05) is 10.4 Å². The van der Waals surface area contributed by atoms with Crippen molar-refractivity contribution in [2.45, 2.75) is 13.8 Å². The summed E-state index contributed by atoms with van der Waals surface area (Å²) in [5.74, 6) is 1.74. The topological polar surface area (TPSA) is 44.2 Å². The third-order valence-corrected chi connectivity index (χ3v) is 5.05. The van der Waals surface area contributed by atoms with Crippen molar-refractivity contribution in [1.82, 2.24) is 8.75 Å². The predicted octanol–water partition coefficient (Wildman–Crippen LogP) is 3.81. The minimum absolute atomic E-state index is 0.598. The number of aromatic nitrogens is 2. The van der Waals surface area contributed by atoms with Crippen LogP contribution in [0.25, 0.3) is 21.5 Å². The predicted molar refractivity (Wildman–Crippen MR) is 81.2 cm³/mol. The van der Waals surface area contributed by atoms with Gasteiger partial charge in [-0.15, -0.1) is 11.3 Å². The van der Waals surface area contributed by atoms with Gasteiger partial charge in [0.05, 0.1) is 16.6 Å². The van der Waals surface area contributed by atoms with E-state index in [4.69, 9.17) is 9.47 Å². The standard InChI is InChI=1S/C14H12N2O2S2/c1-7-3-4-9(11-10(7)15-20-16-11)14-13-12(8(2)19-14)17-5-6-18-13/h3-4H,5-6H2,1-2H3. The molecule has 0 radical (unpaired) electrons. The molecule has 0 atom stereocenters. The summed E-state index contributed by atoms with van der Waals surface area (Å²) in [4.78, 5) is 2.24. The SMILES string of the molecule is Cc1sc(-c2ccc(C)c3nsnc23)c2c1OCCO2. The molecule has 0 saturated heterocycles. The maximum atomic E-state index is 5.83. The van der Waals surface area contributed by atoms with Crippen molar-refractivity contribution in [1.29, 1.82) is 0 Å².